The van der Waals surface area contributed by atoms with Crippen molar-refractivity contribution in [3.05, 3.63) is 53.6 Å². The minimum atomic E-state index is -1.08. The highest BCUT2D eigenvalue weighted by atomic mass is 32.1. The van der Waals surface area contributed by atoms with E-state index >= 15 is 0 Å². The SMILES string of the molecule is CCCOc1cccc(C(=O)NC(=S)Nc2cc(C(=O)O)ccc2OC)c1. The van der Waals surface area contributed by atoms with Gasteiger partial charge in [-0.15, -0.1) is 0 Å². The number of rotatable bonds is 7. The van der Waals surface area contributed by atoms with Crippen molar-refractivity contribution in [1.82, 2.24) is 5.32 Å². The average molecular weight is 388 g/mol. The molecule has 0 spiro atoms. The van der Waals surface area contributed by atoms with Crippen LogP contribution in [0.2, 0.25) is 0 Å². The third-order valence-electron chi connectivity index (χ3n) is 3.49. The van der Waals surface area contributed by atoms with Crippen molar-refractivity contribution in [2.24, 2.45) is 0 Å². The molecule has 0 aromatic heterocycles. The zero-order chi connectivity index (χ0) is 19.8. The molecule has 7 nitrogen and oxygen atoms in total. The van der Waals surface area contributed by atoms with Gasteiger partial charge in [-0.1, -0.05) is 13.0 Å². The summed E-state index contributed by atoms with van der Waals surface area (Å²) in [6.07, 6.45) is 0.863. The number of aromatic carboxylic acids is 1. The lowest BCUT2D eigenvalue weighted by atomic mass is 10.2. The van der Waals surface area contributed by atoms with Crippen LogP contribution in [0.5, 0.6) is 11.5 Å². The van der Waals surface area contributed by atoms with Crippen LogP contribution in [0, 0.1) is 0 Å². The zero-order valence-electron chi connectivity index (χ0n) is 14.9. The lowest BCUT2D eigenvalue weighted by molar-refractivity contribution is 0.0696. The van der Waals surface area contributed by atoms with E-state index in [1.165, 1.54) is 25.3 Å². The van der Waals surface area contributed by atoms with Crippen molar-refractivity contribution in [2.75, 3.05) is 19.0 Å². The van der Waals surface area contributed by atoms with Gasteiger partial charge in [-0.3, -0.25) is 10.1 Å². The Balaban J connectivity index is 2.08. The standard InChI is InChI=1S/C19H20N2O5S/c1-3-9-26-14-6-4-5-12(10-14)17(22)21-19(27)20-15-11-13(18(23)24)7-8-16(15)25-2/h4-8,10-11H,3,9H2,1-2H3,(H,23,24)(H2,20,21,22,27). The van der Waals surface area contributed by atoms with Gasteiger partial charge in [-0.2, -0.15) is 0 Å². The summed E-state index contributed by atoms with van der Waals surface area (Å²) in [6.45, 7) is 2.55. The Morgan fingerprint density at radius 1 is 1.15 bits per heavy atom. The fourth-order valence-electron chi connectivity index (χ4n) is 2.21. The van der Waals surface area contributed by atoms with E-state index in [1.807, 2.05) is 6.92 Å². The molecule has 0 saturated heterocycles. The molecule has 0 fully saturated rings. The second-order valence-corrected chi connectivity index (χ2v) is 5.91. The molecule has 0 radical (unpaired) electrons. The Labute approximate surface area is 162 Å². The largest absolute Gasteiger partial charge is 0.495 e. The third-order valence-corrected chi connectivity index (χ3v) is 3.69. The van der Waals surface area contributed by atoms with Crippen LogP contribution in [0.25, 0.3) is 0 Å². The van der Waals surface area contributed by atoms with E-state index in [4.69, 9.17) is 26.8 Å². The van der Waals surface area contributed by atoms with Crippen LogP contribution in [-0.2, 0) is 0 Å². The summed E-state index contributed by atoms with van der Waals surface area (Å²) in [5.41, 5.74) is 0.787. The summed E-state index contributed by atoms with van der Waals surface area (Å²) >= 11 is 5.15. The first-order chi connectivity index (χ1) is 12.9. The van der Waals surface area contributed by atoms with Gasteiger partial charge in [-0.05, 0) is 55.0 Å². The average Bonchev–Trinajstić information content (AvgIpc) is 2.66. The molecule has 142 valence electrons. The molecular weight excluding hydrogens is 368 g/mol. The van der Waals surface area contributed by atoms with Gasteiger partial charge in [0.1, 0.15) is 11.5 Å². The summed E-state index contributed by atoms with van der Waals surface area (Å²) in [6, 6.07) is 11.0. The molecule has 0 atom stereocenters. The number of benzene rings is 2. The second-order valence-electron chi connectivity index (χ2n) is 5.50. The molecule has 0 unspecified atom stereocenters. The number of carboxylic acids is 1. The summed E-state index contributed by atoms with van der Waals surface area (Å²) in [5, 5.41) is 14.5. The minimum Gasteiger partial charge on any atom is -0.495 e. The molecule has 0 heterocycles. The summed E-state index contributed by atoms with van der Waals surface area (Å²) in [7, 11) is 1.45. The first-order valence-corrected chi connectivity index (χ1v) is 8.62. The first-order valence-electron chi connectivity index (χ1n) is 8.21. The fraction of sp³-hybridized carbons (Fsp3) is 0.211. The van der Waals surface area contributed by atoms with Gasteiger partial charge < -0.3 is 19.9 Å². The van der Waals surface area contributed by atoms with Crippen LogP contribution in [0.1, 0.15) is 34.1 Å². The number of anilines is 1. The van der Waals surface area contributed by atoms with E-state index in [2.05, 4.69) is 10.6 Å². The Kier molecular flexibility index (Phi) is 7.13. The minimum absolute atomic E-state index is 0.0146. The lowest BCUT2D eigenvalue weighted by Gasteiger charge is -2.14. The highest BCUT2D eigenvalue weighted by Gasteiger charge is 2.13. The Morgan fingerprint density at radius 2 is 1.93 bits per heavy atom. The predicted molar refractivity (Wildman–Crippen MR) is 106 cm³/mol. The number of ether oxygens (including phenoxy) is 2. The monoisotopic (exact) mass is 388 g/mol. The van der Waals surface area contributed by atoms with Crippen LogP contribution < -0.4 is 20.1 Å². The molecule has 1 amide bonds. The first kappa shape index (κ1) is 20.2. The molecule has 2 aromatic carbocycles. The smallest absolute Gasteiger partial charge is 0.335 e. The number of carbonyl (C=O) groups excluding carboxylic acids is 1. The van der Waals surface area contributed by atoms with Crippen LogP contribution in [0.3, 0.4) is 0 Å². The number of amides is 1. The Morgan fingerprint density at radius 3 is 2.59 bits per heavy atom. The summed E-state index contributed by atoms with van der Waals surface area (Å²) in [4.78, 5) is 23.5. The maximum Gasteiger partial charge on any atom is 0.335 e. The fourth-order valence-corrected chi connectivity index (χ4v) is 2.42. The van der Waals surface area contributed by atoms with E-state index < -0.39 is 11.9 Å². The number of thiocarbonyl (C=S) groups is 1. The maximum atomic E-state index is 12.4. The highest BCUT2D eigenvalue weighted by Crippen LogP contribution is 2.25. The zero-order valence-corrected chi connectivity index (χ0v) is 15.8. The number of hydrogen-bond donors (Lipinski definition) is 3. The third kappa shape index (κ3) is 5.68. The van der Waals surface area contributed by atoms with Crippen molar-refractivity contribution < 1.29 is 24.2 Å². The van der Waals surface area contributed by atoms with Crippen molar-refractivity contribution in [3.8, 4) is 11.5 Å². The van der Waals surface area contributed by atoms with E-state index in [0.717, 1.165) is 6.42 Å². The van der Waals surface area contributed by atoms with Gasteiger partial charge in [0.2, 0.25) is 0 Å². The molecule has 0 bridgehead atoms. The molecule has 0 aliphatic carbocycles. The summed E-state index contributed by atoms with van der Waals surface area (Å²) < 4.78 is 10.7. The number of hydrogen-bond acceptors (Lipinski definition) is 5. The van der Waals surface area contributed by atoms with E-state index in [1.54, 1.807) is 24.3 Å². The number of carbonyl (C=O) groups is 2. The topological polar surface area (TPSA) is 96.9 Å². The van der Waals surface area contributed by atoms with Gasteiger partial charge in [0.25, 0.3) is 5.91 Å². The molecule has 0 saturated carbocycles. The number of nitrogens with one attached hydrogen (secondary N) is 2. The molecule has 8 heteroatoms. The van der Waals surface area contributed by atoms with Crippen LogP contribution in [0.15, 0.2) is 42.5 Å². The number of carboxylic acid groups (broad SMARTS) is 1. The summed E-state index contributed by atoms with van der Waals surface area (Å²) in [5.74, 6) is -0.506. The van der Waals surface area contributed by atoms with Crippen molar-refractivity contribution in [2.45, 2.75) is 13.3 Å². The Hall–Kier alpha value is -3.13. The molecule has 0 aliphatic heterocycles. The molecule has 0 aliphatic rings. The second kappa shape index (κ2) is 9.54. The van der Waals surface area contributed by atoms with E-state index in [9.17, 15) is 9.59 Å². The van der Waals surface area contributed by atoms with E-state index in [-0.39, 0.29) is 10.7 Å². The highest BCUT2D eigenvalue weighted by molar-refractivity contribution is 7.80. The van der Waals surface area contributed by atoms with Crippen molar-refractivity contribution in [1.29, 1.82) is 0 Å². The van der Waals surface area contributed by atoms with Gasteiger partial charge in [-0.25, -0.2) is 4.79 Å². The van der Waals surface area contributed by atoms with Crippen LogP contribution >= 0.6 is 12.2 Å². The normalized spacial score (nSPS) is 10.0. The van der Waals surface area contributed by atoms with Crippen molar-refractivity contribution >= 4 is 34.9 Å². The van der Waals surface area contributed by atoms with E-state index in [0.29, 0.717) is 29.4 Å². The van der Waals surface area contributed by atoms with Gasteiger partial charge >= 0.3 is 5.97 Å². The maximum absolute atomic E-state index is 12.4. The molecule has 2 rings (SSSR count). The molecule has 27 heavy (non-hydrogen) atoms. The Bertz CT molecular complexity index is 854. The van der Waals surface area contributed by atoms with Gasteiger partial charge in [0.15, 0.2) is 5.11 Å². The molecule has 2 aromatic rings. The quantitative estimate of drug-likeness (QED) is 0.626. The van der Waals surface area contributed by atoms with Crippen LogP contribution in [0.4, 0.5) is 5.69 Å². The number of methoxy groups -OCH3 is 1. The molecular formula is C19H20N2O5S. The van der Waals surface area contributed by atoms with Gasteiger partial charge in [0.05, 0.1) is 25.0 Å². The lowest BCUT2D eigenvalue weighted by Crippen LogP contribution is -2.34. The molecule has 3 N–H and O–H groups in total. The predicted octanol–water partition coefficient (Wildman–Crippen LogP) is 3.31. The van der Waals surface area contributed by atoms with Crippen molar-refractivity contribution in [3.63, 3.8) is 0 Å². The van der Waals surface area contributed by atoms with Gasteiger partial charge in [0, 0.05) is 5.56 Å². The van der Waals surface area contributed by atoms with Crippen LogP contribution in [-0.4, -0.2) is 35.8 Å².